The molecule has 0 saturated heterocycles. The second-order valence-corrected chi connectivity index (χ2v) is 4.31. The van der Waals surface area contributed by atoms with E-state index in [1.54, 1.807) is 12.4 Å². The molecule has 0 bridgehead atoms. The van der Waals surface area contributed by atoms with E-state index in [4.69, 9.17) is 11.6 Å². The third-order valence-electron chi connectivity index (χ3n) is 2.72. The van der Waals surface area contributed by atoms with Crippen molar-refractivity contribution in [3.05, 3.63) is 52.6 Å². The van der Waals surface area contributed by atoms with Crippen LogP contribution < -0.4 is 5.32 Å². The SMILES string of the molecule is Cc1ccncc1CNc1c(C)ccnc1Cl. The molecular formula is C13H14ClN3. The Kier molecular flexibility index (Phi) is 3.59. The van der Waals surface area contributed by atoms with Crippen molar-refractivity contribution in [3.8, 4) is 0 Å². The molecule has 0 atom stereocenters. The first-order valence-electron chi connectivity index (χ1n) is 5.43. The topological polar surface area (TPSA) is 37.8 Å². The summed E-state index contributed by atoms with van der Waals surface area (Å²) in [5.41, 5.74) is 4.35. The van der Waals surface area contributed by atoms with Gasteiger partial charge < -0.3 is 5.32 Å². The van der Waals surface area contributed by atoms with Gasteiger partial charge >= 0.3 is 0 Å². The third-order valence-corrected chi connectivity index (χ3v) is 3.00. The maximum atomic E-state index is 6.05. The van der Waals surface area contributed by atoms with E-state index in [9.17, 15) is 0 Å². The molecule has 4 heteroatoms. The van der Waals surface area contributed by atoms with Gasteiger partial charge in [-0.15, -0.1) is 0 Å². The lowest BCUT2D eigenvalue weighted by molar-refractivity contribution is 1.07. The van der Waals surface area contributed by atoms with E-state index in [0.717, 1.165) is 16.8 Å². The molecule has 2 heterocycles. The number of anilines is 1. The predicted octanol–water partition coefficient (Wildman–Crippen LogP) is 3.36. The molecule has 88 valence electrons. The van der Waals surface area contributed by atoms with Gasteiger partial charge in [-0.2, -0.15) is 0 Å². The van der Waals surface area contributed by atoms with Crippen LogP contribution >= 0.6 is 11.6 Å². The lowest BCUT2D eigenvalue weighted by Gasteiger charge is -2.11. The Morgan fingerprint density at radius 1 is 1.18 bits per heavy atom. The first-order valence-corrected chi connectivity index (χ1v) is 5.80. The van der Waals surface area contributed by atoms with Gasteiger partial charge in [-0.3, -0.25) is 4.98 Å². The molecule has 0 aliphatic rings. The van der Waals surface area contributed by atoms with Crippen molar-refractivity contribution in [1.82, 2.24) is 9.97 Å². The molecule has 0 aliphatic heterocycles. The summed E-state index contributed by atoms with van der Waals surface area (Å²) in [7, 11) is 0. The molecule has 0 saturated carbocycles. The highest BCUT2D eigenvalue weighted by Crippen LogP contribution is 2.23. The second-order valence-electron chi connectivity index (χ2n) is 3.95. The van der Waals surface area contributed by atoms with Crippen molar-refractivity contribution in [2.45, 2.75) is 20.4 Å². The summed E-state index contributed by atoms with van der Waals surface area (Å²) >= 11 is 6.05. The molecule has 1 N–H and O–H groups in total. The fourth-order valence-electron chi connectivity index (χ4n) is 1.60. The summed E-state index contributed by atoms with van der Waals surface area (Å²) in [6, 6.07) is 3.93. The fraction of sp³-hybridized carbons (Fsp3) is 0.231. The van der Waals surface area contributed by atoms with Crippen LogP contribution in [0.5, 0.6) is 0 Å². The second kappa shape index (κ2) is 5.15. The van der Waals surface area contributed by atoms with Crippen molar-refractivity contribution in [2.24, 2.45) is 0 Å². The summed E-state index contributed by atoms with van der Waals surface area (Å²) in [5.74, 6) is 0. The minimum absolute atomic E-state index is 0.506. The number of halogens is 1. The number of aromatic nitrogens is 2. The molecule has 0 aliphatic carbocycles. The van der Waals surface area contributed by atoms with Crippen LogP contribution in [0.25, 0.3) is 0 Å². The van der Waals surface area contributed by atoms with Gasteiger partial charge in [0.05, 0.1) is 5.69 Å². The van der Waals surface area contributed by atoms with E-state index in [-0.39, 0.29) is 0 Å². The lowest BCUT2D eigenvalue weighted by atomic mass is 10.1. The average Bonchev–Trinajstić information content (AvgIpc) is 2.30. The highest BCUT2D eigenvalue weighted by atomic mass is 35.5. The standard InChI is InChI=1S/C13H14ClN3/c1-9-3-5-15-7-11(9)8-17-12-10(2)4-6-16-13(12)14/h3-7,17H,8H2,1-2H3. The molecule has 0 fully saturated rings. The summed E-state index contributed by atoms with van der Waals surface area (Å²) in [4.78, 5) is 8.18. The van der Waals surface area contributed by atoms with Crippen molar-refractivity contribution in [3.63, 3.8) is 0 Å². The number of nitrogens with one attached hydrogen (secondary N) is 1. The van der Waals surface area contributed by atoms with Gasteiger partial charge in [-0.1, -0.05) is 11.6 Å². The van der Waals surface area contributed by atoms with Crippen molar-refractivity contribution in [1.29, 1.82) is 0 Å². The highest BCUT2D eigenvalue weighted by Gasteiger charge is 2.05. The molecule has 2 aromatic rings. The fourth-order valence-corrected chi connectivity index (χ4v) is 1.88. The normalized spacial score (nSPS) is 10.3. The van der Waals surface area contributed by atoms with E-state index in [1.165, 1.54) is 5.56 Å². The molecule has 0 amide bonds. The van der Waals surface area contributed by atoms with Crippen molar-refractivity contribution in [2.75, 3.05) is 5.32 Å². The van der Waals surface area contributed by atoms with Crippen molar-refractivity contribution < 1.29 is 0 Å². The minimum Gasteiger partial charge on any atom is -0.378 e. The Balaban J connectivity index is 2.16. The Labute approximate surface area is 106 Å². The zero-order valence-electron chi connectivity index (χ0n) is 9.87. The van der Waals surface area contributed by atoms with Crippen LogP contribution in [0.1, 0.15) is 16.7 Å². The smallest absolute Gasteiger partial charge is 0.152 e. The Hall–Kier alpha value is -1.61. The predicted molar refractivity (Wildman–Crippen MR) is 70.3 cm³/mol. The lowest BCUT2D eigenvalue weighted by Crippen LogP contribution is -2.04. The Bertz CT molecular complexity index is 506. The first kappa shape index (κ1) is 11.9. The van der Waals surface area contributed by atoms with Gasteiger partial charge in [0, 0.05) is 25.1 Å². The zero-order chi connectivity index (χ0) is 12.3. The van der Waals surface area contributed by atoms with E-state index in [2.05, 4.69) is 22.2 Å². The van der Waals surface area contributed by atoms with Gasteiger partial charge in [-0.25, -0.2) is 4.98 Å². The van der Waals surface area contributed by atoms with Crippen molar-refractivity contribution >= 4 is 17.3 Å². The largest absolute Gasteiger partial charge is 0.378 e. The van der Waals surface area contributed by atoms with Crippen LogP contribution in [0, 0.1) is 13.8 Å². The van der Waals surface area contributed by atoms with Crippen LogP contribution in [-0.4, -0.2) is 9.97 Å². The number of pyridine rings is 2. The van der Waals surface area contributed by atoms with E-state index < -0.39 is 0 Å². The molecule has 3 nitrogen and oxygen atoms in total. The monoisotopic (exact) mass is 247 g/mol. The van der Waals surface area contributed by atoms with Gasteiger partial charge in [0.2, 0.25) is 0 Å². The molecule has 0 radical (unpaired) electrons. The maximum Gasteiger partial charge on any atom is 0.152 e. The number of hydrogen-bond acceptors (Lipinski definition) is 3. The summed E-state index contributed by atoms with van der Waals surface area (Å²) in [5, 5.41) is 3.81. The van der Waals surface area contributed by atoms with Gasteiger partial charge in [0.1, 0.15) is 0 Å². The maximum absolute atomic E-state index is 6.05. The number of aryl methyl sites for hydroxylation is 2. The molecule has 0 aromatic carbocycles. The average molecular weight is 248 g/mol. The van der Waals surface area contributed by atoms with Crippen LogP contribution in [-0.2, 0) is 6.54 Å². The highest BCUT2D eigenvalue weighted by molar-refractivity contribution is 6.32. The van der Waals surface area contributed by atoms with Crippen LogP contribution in [0.3, 0.4) is 0 Å². The van der Waals surface area contributed by atoms with Crippen LogP contribution in [0.15, 0.2) is 30.7 Å². The molecular weight excluding hydrogens is 234 g/mol. The van der Waals surface area contributed by atoms with Gasteiger partial charge in [0.25, 0.3) is 0 Å². The molecule has 17 heavy (non-hydrogen) atoms. The number of hydrogen-bond donors (Lipinski definition) is 1. The van der Waals surface area contributed by atoms with E-state index in [1.807, 2.05) is 25.3 Å². The minimum atomic E-state index is 0.506. The van der Waals surface area contributed by atoms with Crippen LogP contribution in [0.4, 0.5) is 5.69 Å². The van der Waals surface area contributed by atoms with E-state index >= 15 is 0 Å². The molecule has 2 rings (SSSR count). The van der Waals surface area contributed by atoms with Gasteiger partial charge in [-0.05, 0) is 42.7 Å². The van der Waals surface area contributed by atoms with Gasteiger partial charge in [0.15, 0.2) is 5.15 Å². The van der Waals surface area contributed by atoms with E-state index in [0.29, 0.717) is 11.7 Å². The summed E-state index contributed by atoms with van der Waals surface area (Å²) in [6.07, 6.45) is 5.36. The summed E-state index contributed by atoms with van der Waals surface area (Å²) in [6.45, 7) is 4.77. The quantitative estimate of drug-likeness (QED) is 0.846. The first-order chi connectivity index (χ1) is 8.18. The summed E-state index contributed by atoms with van der Waals surface area (Å²) < 4.78 is 0. The number of rotatable bonds is 3. The molecule has 0 spiro atoms. The van der Waals surface area contributed by atoms with Crippen LogP contribution in [0.2, 0.25) is 5.15 Å². The zero-order valence-corrected chi connectivity index (χ0v) is 10.6. The molecule has 0 unspecified atom stereocenters. The Morgan fingerprint density at radius 2 is 1.94 bits per heavy atom. The number of nitrogens with zero attached hydrogens (tertiary/aromatic N) is 2. The molecule has 2 aromatic heterocycles. The third kappa shape index (κ3) is 2.74. The Morgan fingerprint density at radius 3 is 2.65 bits per heavy atom.